The first kappa shape index (κ1) is 12.8. The molecule has 0 unspecified atom stereocenters. The first-order chi connectivity index (χ1) is 7.38. The molecule has 1 nitrogen and oxygen atoms in total. The molecule has 0 N–H and O–H groups in total. The molecule has 0 saturated heterocycles. The normalized spacial score (nSPS) is 11.6. The summed E-state index contributed by atoms with van der Waals surface area (Å²) in [6.07, 6.45) is -5.12. The van der Waals surface area contributed by atoms with Crippen molar-refractivity contribution in [3.8, 4) is 5.75 Å². The van der Waals surface area contributed by atoms with Crippen LogP contribution in [0.15, 0.2) is 18.2 Å². The molecule has 1 aromatic carbocycles. The van der Waals surface area contributed by atoms with Crippen molar-refractivity contribution in [3.63, 3.8) is 0 Å². The summed E-state index contributed by atoms with van der Waals surface area (Å²) in [6, 6.07) is 4.09. The first-order valence-electron chi connectivity index (χ1n) is 4.84. The maximum Gasteiger partial charge on any atom is 0.389 e. The molecule has 5 heteroatoms. The highest BCUT2D eigenvalue weighted by Crippen LogP contribution is 2.22. The minimum absolute atomic E-state index is 0.0232. The molecule has 0 bridgehead atoms. The van der Waals surface area contributed by atoms with Crippen LogP contribution in [0.25, 0.3) is 0 Å². The van der Waals surface area contributed by atoms with Gasteiger partial charge in [-0.1, -0.05) is 0 Å². The molecule has 1 rings (SSSR count). The van der Waals surface area contributed by atoms with Crippen molar-refractivity contribution in [2.24, 2.45) is 0 Å². The lowest BCUT2D eigenvalue weighted by molar-refractivity contribution is -0.136. The van der Waals surface area contributed by atoms with Crippen molar-refractivity contribution >= 4 is 0 Å². The summed E-state index contributed by atoms with van der Waals surface area (Å²) in [6.45, 7) is 1.54. The second kappa shape index (κ2) is 5.18. The zero-order chi connectivity index (χ0) is 12.2. The van der Waals surface area contributed by atoms with Crippen LogP contribution in [0, 0.1) is 12.7 Å². The third kappa shape index (κ3) is 4.51. The summed E-state index contributed by atoms with van der Waals surface area (Å²) in [7, 11) is 0. The summed E-state index contributed by atoms with van der Waals surface area (Å²) in [5.74, 6) is 0.0312. The lowest BCUT2D eigenvalue weighted by atomic mass is 10.2. The lowest BCUT2D eigenvalue weighted by Gasteiger charge is -2.08. The summed E-state index contributed by atoms with van der Waals surface area (Å²) >= 11 is 0. The molecule has 0 aromatic heterocycles. The summed E-state index contributed by atoms with van der Waals surface area (Å²) < 4.78 is 53.3. The smallest absolute Gasteiger partial charge is 0.389 e. The van der Waals surface area contributed by atoms with Crippen molar-refractivity contribution in [1.29, 1.82) is 0 Å². The molecular formula is C11H12F4O. The van der Waals surface area contributed by atoms with Crippen LogP contribution in [0.5, 0.6) is 5.75 Å². The second-order valence-corrected chi connectivity index (χ2v) is 3.48. The molecule has 0 amide bonds. The van der Waals surface area contributed by atoms with Gasteiger partial charge in [-0.05, 0) is 37.1 Å². The van der Waals surface area contributed by atoms with Gasteiger partial charge in [0.1, 0.15) is 11.6 Å². The topological polar surface area (TPSA) is 9.23 Å². The predicted molar refractivity (Wildman–Crippen MR) is 51.9 cm³/mol. The summed E-state index contributed by atoms with van der Waals surface area (Å²) in [5.41, 5.74) is 0.410. The molecule has 1 aromatic rings. The van der Waals surface area contributed by atoms with E-state index in [1.807, 2.05) is 0 Å². The van der Waals surface area contributed by atoms with Gasteiger partial charge in [-0.3, -0.25) is 0 Å². The Morgan fingerprint density at radius 1 is 1.25 bits per heavy atom. The monoisotopic (exact) mass is 236 g/mol. The predicted octanol–water partition coefficient (Wildman–Crippen LogP) is 3.86. The fourth-order valence-corrected chi connectivity index (χ4v) is 1.17. The Kier molecular flexibility index (Phi) is 4.15. The van der Waals surface area contributed by atoms with Gasteiger partial charge < -0.3 is 4.74 Å². The van der Waals surface area contributed by atoms with Gasteiger partial charge in [0.25, 0.3) is 0 Å². The van der Waals surface area contributed by atoms with Crippen LogP contribution in [0.2, 0.25) is 0 Å². The molecule has 0 heterocycles. The van der Waals surface area contributed by atoms with E-state index in [-0.39, 0.29) is 18.8 Å². The molecule has 0 fully saturated rings. The lowest BCUT2D eigenvalue weighted by Crippen LogP contribution is -2.09. The van der Waals surface area contributed by atoms with E-state index in [4.69, 9.17) is 4.74 Å². The quantitative estimate of drug-likeness (QED) is 0.569. The van der Waals surface area contributed by atoms with Gasteiger partial charge in [-0.2, -0.15) is 13.2 Å². The molecule has 90 valence electrons. The van der Waals surface area contributed by atoms with Crippen LogP contribution in [0.4, 0.5) is 17.6 Å². The number of ether oxygens (including phenoxy) is 1. The van der Waals surface area contributed by atoms with Gasteiger partial charge in [0.05, 0.1) is 6.61 Å². The Balaban J connectivity index is 2.35. The number of halogens is 4. The van der Waals surface area contributed by atoms with Crippen molar-refractivity contribution in [2.45, 2.75) is 25.9 Å². The Labute approximate surface area is 91.0 Å². The Hall–Kier alpha value is -1.26. The van der Waals surface area contributed by atoms with Crippen molar-refractivity contribution in [1.82, 2.24) is 0 Å². The zero-order valence-electron chi connectivity index (χ0n) is 8.77. The molecule has 0 radical (unpaired) electrons. The molecule has 0 aliphatic rings. The van der Waals surface area contributed by atoms with Crippen LogP contribution in [-0.4, -0.2) is 12.8 Å². The number of hydrogen-bond acceptors (Lipinski definition) is 1. The number of alkyl halides is 3. The fraction of sp³-hybridized carbons (Fsp3) is 0.455. The van der Waals surface area contributed by atoms with E-state index in [0.717, 1.165) is 0 Å². The molecule has 0 atom stereocenters. The van der Waals surface area contributed by atoms with E-state index >= 15 is 0 Å². The van der Waals surface area contributed by atoms with Gasteiger partial charge in [0.15, 0.2) is 0 Å². The maximum absolute atomic E-state index is 12.8. The minimum Gasteiger partial charge on any atom is -0.494 e. The SMILES string of the molecule is Cc1cc(OCCCC(F)(F)F)ccc1F. The minimum atomic E-state index is -4.15. The highest BCUT2D eigenvalue weighted by atomic mass is 19.4. The van der Waals surface area contributed by atoms with Gasteiger partial charge in [0, 0.05) is 6.42 Å². The largest absolute Gasteiger partial charge is 0.494 e. The summed E-state index contributed by atoms with van der Waals surface area (Å²) in [4.78, 5) is 0. The van der Waals surface area contributed by atoms with Gasteiger partial charge in [-0.15, -0.1) is 0 Å². The van der Waals surface area contributed by atoms with E-state index < -0.39 is 12.6 Å². The van der Waals surface area contributed by atoms with Crippen LogP contribution in [-0.2, 0) is 0 Å². The van der Waals surface area contributed by atoms with Crippen LogP contribution < -0.4 is 4.74 Å². The van der Waals surface area contributed by atoms with Gasteiger partial charge in [0.2, 0.25) is 0 Å². The zero-order valence-corrected chi connectivity index (χ0v) is 8.77. The van der Waals surface area contributed by atoms with Crippen molar-refractivity contribution < 1.29 is 22.3 Å². The molecule has 16 heavy (non-hydrogen) atoms. The third-order valence-corrected chi connectivity index (χ3v) is 2.00. The van der Waals surface area contributed by atoms with E-state index in [9.17, 15) is 17.6 Å². The molecule has 0 saturated carbocycles. The third-order valence-electron chi connectivity index (χ3n) is 2.00. The van der Waals surface area contributed by atoms with Crippen LogP contribution in [0.3, 0.4) is 0 Å². The van der Waals surface area contributed by atoms with Gasteiger partial charge >= 0.3 is 6.18 Å². The number of benzene rings is 1. The number of aryl methyl sites for hydroxylation is 1. The van der Waals surface area contributed by atoms with Crippen molar-refractivity contribution in [2.75, 3.05) is 6.61 Å². The first-order valence-corrected chi connectivity index (χ1v) is 4.84. The van der Waals surface area contributed by atoms with E-state index in [1.54, 1.807) is 6.92 Å². The Bertz CT molecular complexity index is 346. The highest BCUT2D eigenvalue weighted by Gasteiger charge is 2.26. The Morgan fingerprint density at radius 2 is 1.94 bits per heavy atom. The molecule has 0 aliphatic carbocycles. The second-order valence-electron chi connectivity index (χ2n) is 3.48. The summed E-state index contributed by atoms with van der Waals surface area (Å²) in [5, 5.41) is 0. The molecular weight excluding hydrogens is 224 g/mol. The molecule has 0 spiro atoms. The number of hydrogen-bond donors (Lipinski definition) is 0. The van der Waals surface area contributed by atoms with Gasteiger partial charge in [-0.25, -0.2) is 4.39 Å². The van der Waals surface area contributed by atoms with E-state index in [0.29, 0.717) is 11.3 Å². The maximum atomic E-state index is 12.8. The van der Waals surface area contributed by atoms with E-state index in [2.05, 4.69) is 0 Å². The average molecular weight is 236 g/mol. The fourth-order valence-electron chi connectivity index (χ4n) is 1.17. The Morgan fingerprint density at radius 3 is 2.50 bits per heavy atom. The van der Waals surface area contributed by atoms with Crippen LogP contribution >= 0.6 is 0 Å². The highest BCUT2D eigenvalue weighted by molar-refractivity contribution is 5.28. The number of rotatable bonds is 4. The van der Waals surface area contributed by atoms with E-state index in [1.165, 1.54) is 18.2 Å². The van der Waals surface area contributed by atoms with Crippen LogP contribution in [0.1, 0.15) is 18.4 Å². The van der Waals surface area contributed by atoms with Crippen molar-refractivity contribution in [3.05, 3.63) is 29.6 Å². The molecule has 0 aliphatic heterocycles. The standard InChI is InChI=1S/C11H12F4O/c1-8-7-9(3-4-10(8)12)16-6-2-5-11(13,14)15/h3-4,7H,2,5-6H2,1H3. The average Bonchev–Trinajstić information content (AvgIpc) is 2.17.